The molecule has 1 heterocycles. The molecule has 0 spiro atoms. The van der Waals surface area contributed by atoms with Crippen LogP contribution >= 0.6 is 0 Å². The highest BCUT2D eigenvalue weighted by atomic mass is 16.3. The number of nitrogens with zero attached hydrogens (tertiary/aromatic N) is 2. The topological polar surface area (TPSA) is 90.5 Å². The van der Waals surface area contributed by atoms with Crippen LogP contribution in [0.5, 0.6) is 0 Å². The molecule has 1 unspecified atom stereocenters. The minimum Gasteiger partial charge on any atom is -0.390 e. The zero-order chi connectivity index (χ0) is 18.4. The van der Waals surface area contributed by atoms with Gasteiger partial charge in [-0.3, -0.25) is 0 Å². The largest absolute Gasteiger partial charge is 0.390 e. The molecule has 25 heavy (non-hydrogen) atoms. The van der Waals surface area contributed by atoms with Gasteiger partial charge < -0.3 is 25.2 Å². The molecule has 0 amide bonds. The molecule has 1 atom stereocenters. The van der Waals surface area contributed by atoms with E-state index in [1.54, 1.807) is 27.7 Å². The summed E-state index contributed by atoms with van der Waals surface area (Å²) in [5.74, 6) is 0.615. The van der Waals surface area contributed by atoms with Crippen LogP contribution in [0.1, 0.15) is 65.0 Å². The van der Waals surface area contributed by atoms with Crippen LogP contribution in [0.2, 0.25) is 0 Å². The maximum atomic E-state index is 10.3. The monoisotopic (exact) mass is 347 g/mol. The van der Waals surface area contributed by atoms with Crippen molar-refractivity contribution in [3.63, 3.8) is 0 Å². The van der Waals surface area contributed by atoms with Gasteiger partial charge in [-0.15, -0.1) is 0 Å². The number of aliphatic hydroxyl groups is 3. The van der Waals surface area contributed by atoms with Gasteiger partial charge in [0.05, 0.1) is 22.2 Å². The smallest absolute Gasteiger partial charge is 0.206 e. The molecule has 2 aromatic rings. The summed E-state index contributed by atoms with van der Waals surface area (Å²) in [6.07, 6.45) is 2.66. The van der Waals surface area contributed by atoms with Gasteiger partial charge in [0, 0.05) is 12.5 Å². The van der Waals surface area contributed by atoms with Gasteiger partial charge in [-0.05, 0) is 64.7 Å². The second-order valence-electron chi connectivity index (χ2n) is 8.33. The first kappa shape index (κ1) is 18.2. The van der Waals surface area contributed by atoms with E-state index >= 15 is 0 Å². The molecule has 6 heteroatoms. The highest BCUT2D eigenvalue weighted by Gasteiger charge is 2.28. The fourth-order valence-corrected chi connectivity index (χ4v) is 3.26. The number of hydrogen-bond donors (Lipinski definition) is 4. The predicted molar refractivity (Wildman–Crippen MR) is 98.4 cm³/mol. The second-order valence-corrected chi connectivity index (χ2v) is 8.33. The third-order valence-electron chi connectivity index (χ3n) is 4.82. The Morgan fingerprint density at radius 1 is 1.24 bits per heavy atom. The zero-order valence-corrected chi connectivity index (χ0v) is 15.5. The van der Waals surface area contributed by atoms with Crippen molar-refractivity contribution in [2.45, 2.75) is 76.9 Å². The molecule has 6 nitrogen and oxygen atoms in total. The third kappa shape index (κ3) is 3.97. The number of fused-ring (bicyclic) bond motifs is 1. The Kier molecular flexibility index (Phi) is 4.56. The molecule has 0 radical (unpaired) electrons. The summed E-state index contributed by atoms with van der Waals surface area (Å²) in [7, 11) is 0. The van der Waals surface area contributed by atoms with Gasteiger partial charge >= 0.3 is 0 Å². The summed E-state index contributed by atoms with van der Waals surface area (Å²) >= 11 is 0. The van der Waals surface area contributed by atoms with Gasteiger partial charge in [0.2, 0.25) is 5.95 Å². The van der Waals surface area contributed by atoms with Crippen LogP contribution in [0.4, 0.5) is 5.95 Å². The molecule has 1 aromatic carbocycles. The van der Waals surface area contributed by atoms with Gasteiger partial charge in [0.25, 0.3) is 0 Å². The van der Waals surface area contributed by atoms with Crippen molar-refractivity contribution in [3.05, 3.63) is 23.8 Å². The molecular formula is C19H29N3O3. The molecular weight excluding hydrogens is 318 g/mol. The molecule has 0 bridgehead atoms. The zero-order valence-electron chi connectivity index (χ0n) is 15.5. The number of rotatable bonds is 6. The fourth-order valence-electron chi connectivity index (χ4n) is 3.26. The van der Waals surface area contributed by atoms with Crippen molar-refractivity contribution in [1.29, 1.82) is 0 Å². The number of imidazole rings is 1. The number of anilines is 1. The molecule has 1 aliphatic rings. The molecule has 1 aliphatic carbocycles. The highest BCUT2D eigenvalue weighted by Crippen LogP contribution is 2.38. The summed E-state index contributed by atoms with van der Waals surface area (Å²) in [6.45, 7) is 6.87. The third-order valence-corrected chi connectivity index (χ3v) is 4.82. The van der Waals surface area contributed by atoms with Crippen molar-refractivity contribution in [2.75, 3.05) is 5.32 Å². The minimum absolute atomic E-state index is 0.204. The van der Waals surface area contributed by atoms with Crippen LogP contribution in [-0.4, -0.2) is 36.7 Å². The molecule has 4 N–H and O–H groups in total. The summed E-state index contributed by atoms with van der Waals surface area (Å²) < 4.78 is 2.13. The summed E-state index contributed by atoms with van der Waals surface area (Å²) in [4.78, 5) is 4.64. The van der Waals surface area contributed by atoms with Gasteiger partial charge in [0.1, 0.15) is 6.23 Å². The van der Waals surface area contributed by atoms with E-state index in [4.69, 9.17) is 0 Å². The maximum absolute atomic E-state index is 10.3. The number of aliphatic hydroxyl groups excluding tert-OH is 1. The standard InChI is InChI=1S/C19H29N3O3/c1-18(2,24)11-16(23)21-17-20-14-9-8-12(19(3,4)25)10-15(14)22(17)13-6-5-7-13/h8-10,13,16,23-25H,5-7,11H2,1-4H3,(H,20,21). The van der Waals surface area contributed by atoms with E-state index in [0.717, 1.165) is 29.4 Å². The summed E-state index contributed by atoms with van der Waals surface area (Å²) in [5.41, 5.74) is 0.745. The van der Waals surface area contributed by atoms with Gasteiger partial charge in [-0.25, -0.2) is 4.98 Å². The number of nitrogens with one attached hydrogen (secondary N) is 1. The van der Waals surface area contributed by atoms with E-state index in [2.05, 4.69) is 14.9 Å². The Labute approximate surface area is 148 Å². The first-order valence-corrected chi connectivity index (χ1v) is 8.96. The predicted octanol–water partition coefficient (Wildman–Crippen LogP) is 2.88. The number of benzene rings is 1. The first-order chi connectivity index (χ1) is 11.5. The number of hydrogen-bond acceptors (Lipinski definition) is 5. The van der Waals surface area contributed by atoms with Gasteiger partial charge in [-0.1, -0.05) is 6.07 Å². The molecule has 3 rings (SSSR count). The SMILES string of the molecule is CC(C)(O)CC(O)Nc1nc2ccc(C(C)(C)O)cc2n1C1CCC1. The highest BCUT2D eigenvalue weighted by molar-refractivity contribution is 5.80. The lowest BCUT2D eigenvalue weighted by Crippen LogP contribution is -2.32. The second kappa shape index (κ2) is 6.27. The van der Waals surface area contributed by atoms with Crippen molar-refractivity contribution >= 4 is 17.0 Å². The molecule has 138 valence electrons. The van der Waals surface area contributed by atoms with Crippen LogP contribution in [0.15, 0.2) is 18.2 Å². The van der Waals surface area contributed by atoms with E-state index in [-0.39, 0.29) is 6.42 Å². The van der Waals surface area contributed by atoms with E-state index in [9.17, 15) is 15.3 Å². The average molecular weight is 347 g/mol. The van der Waals surface area contributed by atoms with E-state index in [1.807, 2.05) is 18.2 Å². The lowest BCUT2D eigenvalue weighted by Gasteiger charge is -2.30. The van der Waals surface area contributed by atoms with Crippen LogP contribution < -0.4 is 5.32 Å². The maximum Gasteiger partial charge on any atom is 0.206 e. The van der Waals surface area contributed by atoms with Crippen LogP contribution in [-0.2, 0) is 5.60 Å². The molecule has 0 saturated heterocycles. The Balaban J connectivity index is 2.00. The molecule has 1 fully saturated rings. The average Bonchev–Trinajstić information content (AvgIpc) is 2.71. The molecule has 0 aliphatic heterocycles. The van der Waals surface area contributed by atoms with E-state index in [1.165, 1.54) is 6.42 Å². The van der Waals surface area contributed by atoms with Crippen molar-refractivity contribution in [3.8, 4) is 0 Å². The van der Waals surface area contributed by atoms with Crippen molar-refractivity contribution < 1.29 is 15.3 Å². The van der Waals surface area contributed by atoms with Gasteiger partial charge in [-0.2, -0.15) is 0 Å². The van der Waals surface area contributed by atoms with Crippen LogP contribution in [0, 0.1) is 0 Å². The Bertz CT molecular complexity index is 752. The summed E-state index contributed by atoms with van der Waals surface area (Å²) in [5, 5.41) is 33.6. The first-order valence-electron chi connectivity index (χ1n) is 8.96. The van der Waals surface area contributed by atoms with Crippen molar-refractivity contribution in [2.24, 2.45) is 0 Å². The molecule has 1 aromatic heterocycles. The Morgan fingerprint density at radius 3 is 2.44 bits per heavy atom. The van der Waals surface area contributed by atoms with Crippen molar-refractivity contribution in [1.82, 2.24) is 9.55 Å². The van der Waals surface area contributed by atoms with Gasteiger partial charge in [0.15, 0.2) is 0 Å². The molecule has 1 saturated carbocycles. The Hall–Kier alpha value is -1.63. The minimum atomic E-state index is -0.964. The van der Waals surface area contributed by atoms with Crippen LogP contribution in [0.25, 0.3) is 11.0 Å². The Morgan fingerprint density at radius 2 is 1.92 bits per heavy atom. The summed E-state index contributed by atoms with van der Waals surface area (Å²) in [6, 6.07) is 6.12. The van der Waals surface area contributed by atoms with Crippen LogP contribution in [0.3, 0.4) is 0 Å². The number of aromatic nitrogens is 2. The van der Waals surface area contributed by atoms with E-state index in [0.29, 0.717) is 12.0 Å². The van der Waals surface area contributed by atoms with E-state index < -0.39 is 17.4 Å². The normalized spacial score (nSPS) is 17.6. The quantitative estimate of drug-likeness (QED) is 0.603. The lowest BCUT2D eigenvalue weighted by atomic mass is 9.92. The fraction of sp³-hybridized carbons (Fsp3) is 0.632. The lowest BCUT2D eigenvalue weighted by molar-refractivity contribution is 0.0272.